The molecule has 5 nitrogen and oxygen atoms in total. The molecule has 2 fully saturated rings. The Morgan fingerprint density at radius 2 is 1.72 bits per heavy atom. The molecule has 0 spiro atoms. The third kappa shape index (κ3) is 4.33. The van der Waals surface area contributed by atoms with Gasteiger partial charge in [0.05, 0.1) is 20.3 Å². The Bertz CT molecular complexity index is 845. The van der Waals surface area contributed by atoms with E-state index in [1.54, 1.807) is 19.2 Å². The molecule has 2 aromatic carbocycles. The van der Waals surface area contributed by atoms with Crippen molar-refractivity contribution in [2.45, 2.75) is 31.6 Å². The van der Waals surface area contributed by atoms with Crippen molar-refractivity contribution in [1.82, 2.24) is 4.90 Å². The molecule has 29 heavy (non-hydrogen) atoms. The van der Waals surface area contributed by atoms with Crippen molar-refractivity contribution in [2.24, 2.45) is 11.8 Å². The number of benzene rings is 2. The number of nitrogens with zero attached hydrogens (tertiary/aromatic N) is 1. The molecule has 1 aliphatic carbocycles. The van der Waals surface area contributed by atoms with Crippen LogP contribution in [0, 0.1) is 17.7 Å². The summed E-state index contributed by atoms with van der Waals surface area (Å²) in [6.07, 6.45) is 0.710. The van der Waals surface area contributed by atoms with Crippen LogP contribution in [0.4, 0.5) is 4.39 Å². The molecule has 0 amide bonds. The fourth-order valence-electron chi connectivity index (χ4n) is 4.65. The zero-order valence-electron chi connectivity index (χ0n) is 16.9. The monoisotopic (exact) mass is 401 g/mol. The van der Waals surface area contributed by atoms with E-state index in [-0.39, 0.29) is 11.9 Å². The number of aliphatic hydroxyl groups excluding tert-OH is 1. The average Bonchev–Trinajstić information content (AvgIpc) is 3.11. The summed E-state index contributed by atoms with van der Waals surface area (Å²) in [5.74, 6) is 2.46. The maximum atomic E-state index is 14.3. The molecule has 2 aliphatic rings. The molecule has 1 saturated carbocycles. The first-order valence-electron chi connectivity index (χ1n) is 10.1. The Kier molecular flexibility index (Phi) is 5.92. The predicted molar refractivity (Wildman–Crippen MR) is 108 cm³/mol. The number of likely N-dealkylation sites (tertiary alicyclic amines) is 1. The van der Waals surface area contributed by atoms with Gasteiger partial charge in [-0.2, -0.15) is 0 Å². The molecular formula is C23H28FNO4. The highest BCUT2D eigenvalue weighted by Gasteiger charge is 2.42. The van der Waals surface area contributed by atoms with E-state index < -0.39 is 6.10 Å². The largest absolute Gasteiger partial charge is 0.497 e. The van der Waals surface area contributed by atoms with Crippen LogP contribution in [0.2, 0.25) is 0 Å². The molecule has 156 valence electrons. The maximum absolute atomic E-state index is 14.3. The number of aliphatic hydroxyl groups is 1. The van der Waals surface area contributed by atoms with Gasteiger partial charge in [0.15, 0.2) is 11.5 Å². The van der Waals surface area contributed by atoms with Crippen LogP contribution in [0.3, 0.4) is 0 Å². The molecule has 0 unspecified atom stereocenters. The number of halogens is 1. The van der Waals surface area contributed by atoms with E-state index in [0.717, 1.165) is 19.5 Å². The summed E-state index contributed by atoms with van der Waals surface area (Å²) in [6, 6.07) is 12.5. The first kappa shape index (κ1) is 20.0. The van der Waals surface area contributed by atoms with E-state index in [9.17, 15) is 9.50 Å². The number of rotatable bonds is 6. The van der Waals surface area contributed by atoms with Gasteiger partial charge in [0.25, 0.3) is 0 Å². The molecular weight excluding hydrogens is 373 g/mol. The number of hydrogen-bond acceptors (Lipinski definition) is 5. The zero-order valence-corrected chi connectivity index (χ0v) is 16.9. The molecule has 1 aliphatic heterocycles. The molecule has 0 radical (unpaired) electrons. The first-order valence-corrected chi connectivity index (χ1v) is 10.1. The van der Waals surface area contributed by atoms with Crippen molar-refractivity contribution >= 4 is 0 Å². The maximum Gasteiger partial charge on any atom is 0.161 e. The van der Waals surface area contributed by atoms with E-state index in [4.69, 9.17) is 14.2 Å². The lowest BCUT2D eigenvalue weighted by molar-refractivity contribution is -0.0240. The lowest BCUT2D eigenvalue weighted by Gasteiger charge is -2.35. The summed E-state index contributed by atoms with van der Waals surface area (Å²) < 4.78 is 30.9. The second-order valence-corrected chi connectivity index (χ2v) is 8.02. The van der Waals surface area contributed by atoms with Gasteiger partial charge in [-0.25, -0.2) is 4.39 Å². The minimum Gasteiger partial charge on any atom is -0.497 e. The normalized spacial score (nSPS) is 26.8. The Hall–Kier alpha value is -2.31. The van der Waals surface area contributed by atoms with Crippen molar-refractivity contribution in [3.63, 3.8) is 0 Å². The van der Waals surface area contributed by atoms with Gasteiger partial charge >= 0.3 is 0 Å². The van der Waals surface area contributed by atoms with Crippen LogP contribution >= 0.6 is 0 Å². The van der Waals surface area contributed by atoms with Gasteiger partial charge in [0.2, 0.25) is 0 Å². The fraction of sp³-hybridized carbons (Fsp3) is 0.478. The van der Waals surface area contributed by atoms with Crippen LogP contribution in [0.25, 0.3) is 0 Å². The van der Waals surface area contributed by atoms with E-state index in [2.05, 4.69) is 4.90 Å². The molecule has 1 heterocycles. The number of methoxy groups -OCH3 is 2. The topological polar surface area (TPSA) is 51.2 Å². The molecule has 0 aromatic heterocycles. The summed E-state index contributed by atoms with van der Waals surface area (Å²) in [7, 11) is 3.15. The smallest absolute Gasteiger partial charge is 0.161 e. The molecule has 1 N–H and O–H groups in total. The molecule has 6 heteroatoms. The molecule has 1 saturated heterocycles. The van der Waals surface area contributed by atoms with Crippen molar-refractivity contribution in [1.29, 1.82) is 0 Å². The summed E-state index contributed by atoms with van der Waals surface area (Å²) in [5, 5.41) is 10.7. The van der Waals surface area contributed by atoms with E-state index in [1.807, 2.05) is 24.3 Å². The zero-order chi connectivity index (χ0) is 20.4. The highest BCUT2D eigenvalue weighted by atomic mass is 19.1. The Labute approximate surface area is 171 Å². The lowest BCUT2D eigenvalue weighted by atomic mass is 9.78. The lowest BCUT2D eigenvalue weighted by Crippen LogP contribution is -2.42. The number of fused-ring (bicyclic) bond motifs is 1. The van der Waals surface area contributed by atoms with E-state index in [0.29, 0.717) is 47.6 Å². The van der Waals surface area contributed by atoms with Crippen LogP contribution in [0.15, 0.2) is 42.5 Å². The van der Waals surface area contributed by atoms with E-state index in [1.165, 1.54) is 13.2 Å². The Morgan fingerprint density at radius 1 is 1.00 bits per heavy atom. The summed E-state index contributed by atoms with van der Waals surface area (Å²) in [4.78, 5) is 2.28. The molecule has 2 aromatic rings. The van der Waals surface area contributed by atoms with Crippen molar-refractivity contribution in [3.8, 4) is 17.2 Å². The minimum absolute atomic E-state index is 0.239. The summed E-state index contributed by atoms with van der Waals surface area (Å²) in [5.41, 5.74) is 0.673. The molecule has 4 rings (SSSR count). The third-order valence-corrected chi connectivity index (χ3v) is 6.16. The van der Waals surface area contributed by atoms with E-state index >= 15 is 0 Å². The molecule has 0 bridgehead atoms. The SMILES string of the molecule is COc1ccc(CN2C[C@H]3C[C@@H](Oc4ccccc4OC)[C@H](O)C[C@H]3C2)c(F)c1. The highest BCUT2D eigenvalue weighted by Crippen LogP contribution is 2.39. The van der Waals surface area contributed by atoms with Gasteiger partial charge in [0, 0.05) is 31.3 Å². The van der Waals surface area contributed by atoms with Gasteiger partial charge in [-0.15, -0.1) is 0 Å². The number of ether oxygens (including phenoxy) is 3. The van der Waals surface area contributed by atoms with Gasteiger partial charge < -0.3 is 19.3 Å². The van der Waals surface area contributed by atoms with Crippen molar-refractivity contribution in [3.05, 3.63) is 53.8 Å². The number of hydrogen-bond donors (Lipinski definition) is 1. The third-order valence-electron chi connectivity index (χ3n) is 6.16. The highest BCUT2D eigenvalue weighted by molar-refractivity contribution is 5.39. The van der Waals surface area contributed by atoms with Crippen LogP contribution in [-0.2, 0) is 6.54 Å². The fourth-order valence-corrected chi connectivity index (χ4v) is 4.65. The van der Waals surface area contributed by atoms with Crippen LogP contribution in [0.5, 0.6) is 17.2 Å². The first-order chi connectivity index (χ1) is 14.1. The van der Waals surface area contributed by atoms with Crippen LogP contribution in [-0.4, -0.2) is 49.5 Å². The van der Waals surface area contributed by atoms with Gasteiger partial charge in [-0.05, 0) is 42.9 Å². The van der Waals surface area contributed by atoms with Crippen molar-refractivity contribution < 1.29 is 23.7 Å². The Balaban J connectivity index is 1.40. The Morgan fingerprint density at radius 3 is 2.41 bits per heavy atom. The second-order valence-electron chi connectivity index (χ2n) is 8.02. The van der Waals surface area contributed by atoms with Crippen LogP contribution < -0.4 is 14.2 Å². The average molecular weight is 401 g/mol. The predicted octanol–water partition coefficient (Wildman–Crippen LogP) is 3.49. The van der Waals surface area contributed by atoms with Gasteiger partial charge in [-0.3, -0.25) is 4.90 Å². The van der Waals surface area contributed by atoms with Gasteiger partial charge in [-0.1, -0.05) is 18.2 Å². The summed E-state index contributed by atoms with van der Waals surface area (Å²) >= 11 is 0. The molecule has 4 atom stereocenters. The number of para-hydroxylation sites is 2. The van der Waals surface area contributed by atoms with Gasteiger partial charge in [0.1, 0.15) is 17.7 Å². The quantitative estimate of drug-likeness (QED) is 0.803. The summed E-state index contributed by atoms with van der Waals surface area (Å²) in [6.45, 7) is 2.32. The van der Waals surface area contributed by atoms with Crippen LogP contribution in [0.1, 0.15) is 18.4 Å². The standard InChI is InChI=1S/C23H28FNO4/c1-27-18-8-7-15(19(24)11-18)12-25-13-16-9-20(26)23(10-17(16)14-25)29-22-6-4-3-5-21(22)28-2/h3-8,11,16-17,20,23,26H,9-10,12-14H2,1-2H3/t16-,17+,20+,23+/m0/s1. The van der Waals surface area contributed by atoms with Crippen molar-refractivity contribution in [2.75, 3.05) is 27.3 Å². The minimum atomic E-state index is -0.515. The second kappa shape index (κ2) is 8.59.